The molecule has 34 heavy (non-hydrogen) atoms. The Morgan fingerprint density at radius 2 is 1.68 bits per heavy atom. The van der Waals surface area contributed by atoms with E-state index in [0.717, 1.165) is 30.8 Å². The molecule has 0 saturated carbocycles. The molecule has 0 atom stereocenters. The highest BCUT2D eigenvalue weighted by Crippen LogP contribution is 2.24. The Kier molecular flexibility index (Phi) is 8.17. The minimum absolute atomic E-state index is 0.181. The van der Waals surface area contributed by atoms with E-state index >= 15 is 0 Å². The first-order valence-electron chi connectivity index (χ1n) is 11.5. The van der Waals surface area contributed by atoms with Crippen molar-refractivity contribution in [2.24, 2.45) is 0 Å². The molecular formula is C26H33N5O3. The number of rotatable bonds is 9. The lowest BCUT2D eigenvalue weighted by Crippen LogP contribution is -2.22. The zero-order valence-corrected chi connectivity index (χ0v) is 20.5. The van der Waals surface area contributed by atoms with Crippen molar-refractivity contribution in [3.05, 3.63) is 71.2 Å². The van der Waals surface area contributed by atoms with Gasteiger partial charge in [-0.1, -0.05) is 51.9 Å². The van der Waals surface area contributed by atoms with E-state index in [2.05, 4.69) is 39.5 Å². The molecule has 180 valence electrons. The molecule has 0 unspecified atom stereocenters. The minimum Gasteiger partial charge on any atom is -0.359 e. The number of anilines is 2. The second-order valence-corrected chi connectivity index (χ2v) is 9.21. The average Bonchev–Trinajstić information content (AvgIpc) is 3.28. The molecule has 0 aliphatic carbocycles. The lowest BCUT2D eigenvalue weighted by atomic mass is 9.93. The van der Waals surface area contributed by atoms with Gasteiger partial charge < -0.3 is 15.2 Å². The highest BCUT2D eigenvalue weighted by atomic mass is 16.5. The summed E-state index contributed by atoms with van der Waals surface area (Å²) in [5, 5.41) is 9.53. The number of carbonyl (C=O) groups excluding carboxylic acids is 2. The molecule has 0 saturated heterocycles. The van der Waals surface area contributed by atoms with Gasteiger partial charge in [-0.3, -0.25) is 19.5 Å². The van der Waals surface area contributed by atoms with Gasteiger partial charge in [0.1, 0.15) is 11.5 Å². The van der Waals surface area contributed by atoms with E-state index in [4.69, 9.17) is 4.52 Å². The van der Waals surface area contributed by atoms with Crippen LogP contribution in [0.1, 0.15) is 62.0 Å². The van der Waals surface area contributed by atoms with Crippen molar-refractivity contribution in [3.8, 4) is 0 Å². The molecule has 0 fully saturated rings. The summed E-state index contributed by atoms with van der Waals surface area (Å²) >= 11 is 0. The van der Waals surface area contributed by atoms with Gasteiger partial charge in [0, 0.05) is 29.9 Å². The Bertz CT molecular complexity index is 1110. The summed E-state index contributed by atoms with van der Waals surface area (Å²) in [5.41, 5.74) is 2.69. The smallest absolute Gasteiger partial charge is 0.274 e. The summed E-state index contributed by atoms with van der Waals surface area (Å²) in [4.78, 5) is 31.5. The van der Waals surface area contributed by atoms with Crippen LogP contribution >= 0.6 is 0 Å². The van der Waals surface area contributed by atoms with E-state index in [9.17, 15) is 9.59 Å². The summed E-state index contributed by atoms with van der Waals surface area (Å²) < 4.78 is 5.29. The number of hydrogen-bond donors (Lipinski definition) is 2. The lowest BCUT2D eigenvalue weighted by Gasteiger charge is -2.18. The number of nitrogens with zero attached hydrogens (tertiary/aromatic N) is 3. The summed E-state index contributed by atoms with van der Waals surface area (Å²) in [5.74, 6) is 0.637. The van der Waals surface area contributed by atoms with Crippen molar-refractivity contribution < 1.29 is 14.1 Å². The third-order valence-electron chi connectivity index (χ3n) is 5.45. The number of benzene rings is 1. The van der Waals surface area contributed by atoms with Crippen LogP contribution in [0.2, 0.25) is 0 Å². The lowest BCUT2D eigenvalue weighted by molar-refractivity contribution is -0.115. The molecule has 3 aromatic rings. The van der Waals surface area contributed by atoms with Gasteiger partial charge in [-0.2, -0.15) is 0 Å². The Hall–Kier alpha value is -3.52. The molecule has 1 aromatic carbocycles. The number of hydrogen-bond acceptors (Lipinski definition) is 6. The molecule has 0 aliphatic rings. The van der Waals surface area contributed by atoms with Gasteiger partial charge in [-0.25, -0.2) is 0 Å². The monoisotopic (exact) mass is 463 g/mol. The fourth-order valence-electron chi connectivity index (χ4n) is 3.36. The standard InChI is InChI=1S/C26H33N5O3/c1-6-31(7-2)17-19-12-13-27-21(14-19)25(33)28-20-10-8-18(9-11-20)15-24(32)29-23-16-22(34-30-23)26(3,4)5/h8-14,16H,6-7,15,17H2,1-5H3,(H,28,33)(H,29,30,32). The topological polar surface area (TPSA) is 100 Å². The molecule has 0 aliphatic heterocycles. The fourth-order valence-corrected chi connectivity index (χ4v) is 3.36. The van der Waals surface area contributed by atoms with E-state index in [-0.39, 0.29) is 23.7 Å². The molecule has 0 radical (unpaired) electrons. The number of carbonyl (C=O) groups is 2. The van der Waals surface area contributed by atoms with E-state index < -0.39 is 0 Å². The predicted molar refractivity (Wildman–Crippen MR) is 133 cm³/mol. The van der Waals surface area contributed by atoms with Crippen molar-refractivity contribution in [2.45, 2.75) is 53.0 Å². The molecule has 0 bridgehead atoms. The Labute approximate surface area is 200 Å². The molecule has 2 amide bonds. The van der Waals surface area contributed by atoms with Crippen molar-refractivity contribution in [3.63, 3.8) is 0 Å². The second-order valence-electron chi connectivity index (χ2n) is 9.21. The number of pyridine rings is 1. The van der Waals surface area contributed by atoms with Gasteiger partial charge in [0.2, 0.25) is 5.91 Å². The first-order chi connectivity index (χ1) is 16.2. The number of amides is 2. The van der Waals surface area contributed by atoms with Crippen LogP contribution in [0.25, 0.3) is 0 Å². The maximum absolute atomic E-state index is 12.7. The summed E-state index contributed by atoms with van der Waals surface area (Å²) in [6.45, 7) is 12.9. The van der Waals surface area contributed by atoms with Crippen LogP contribution < -0.4 is 10.6 Å². The Morgan fingerprint density at radius 3 is 2.29 bits per heavy atom. The quantitative estimate of drug-likeness (QED) is 0.479. The fraction of sp³-hybridized carbons (Fsp3) is 0.385. The largest absolute Gasteiger partial charge is 0.359 e. The van der Waals surface area contributed by atoms with E-state index in [1.165, 1.54) is 0 Å². The normalized spacial score (nSPS) is 11.5. The molecule has 8 heteroatoms. The van der Waals surface area contributed by atoms with Crippen LogP contribution in [-0.2, 0) is 23.2 Å². The van der Waals surface area contributed by atoms with E-state index in [1.807, 2.05) is 45.0 Å². The van der Waals surface area contributed by atoms with Crippen LogP contribution in [0.15, 0.2) is 53.2 Å². The van der Waals surface area contributed by atoms with Gasteiger partial charge in [0.05, 0.1) is 6.42 Å². The Morgan fingerprint density at radius 1 is 0.971 bits per heavy atom. The van der Waals surface area contributed by atoms with Crippen molar-refractivity contribution in [1.29, 1.82) is 0 Å². The van der Waals surface area contributed by atoms with Gasteiger partial charge in [0.15, 0.2) is 5.82 Å². The van der Waals surface area contributed by atoms with E-state index in [1.54, 1.807) is 24.4 Å². The van der Waals surface area contributed by atoms with Gasteiger partial charge in [-0.05, 0) is 48.5 Å². The van der Waals surface area contributed by atoms with Crippen molar-refractivity contribution in [1.82, 2.24) is 15.0 Å². The van der Waals surface area contributed by atoms with Gasteiger partial charge in [0.25, 0.3) is 5.91 Å². The average molecular weight is 464 g/mol. The van der Waals surface area contributed by atoms with Gasteiger partial charge in [-0.15, -0.1) is 0 Å². The van der Waals surface area contributed by atoms with Crippen LogP contribution in [0.3, 0.4) is 0 Å². The van der Waals surface area contributed by atoms with E-state index in [0.29, 0.717) is 23.0 Å². The third-order valence-corrected chi connectivity index (χ3v) is 5.45. The molecule has 2 aromatic heterocycles. The molecule has 0 spiro atoms. The molecule has 8 nitrogen and oxygen atoms in total. The summed E-state index contributed by atoms with van der Waals surface area (Å²) in [6.07, 6.45) is 1.84. The van der Waals surface area contributed by atoms with Crippen LogP contribution in [0.5, 0.6) is 0 Å². The van der Waals surface area contributed by atoms with Crippen molar-refractivity contribution in [2.75, 3.05) is 23.7 Å². The Balaban J connectivity index is 1.56. The molecule has 2 heterocycles. The second kappa shape index (κ2) is 11.1. The summed E-state index contributed by atoms with van der Waals surface area (Å²) in [7, 11) is 0. The maximum Gasteiger partial charge on any atom is 0.274 e. The van der Waals surface area contributed by atoms with Gasteiger partial charge >= 0.3 is 0 Å². The molecule has 2 N–H and O–H groups in total. The maximum atomic E-state index is 12.7. The predicted octanol–water partition coefficient (Wildman–Crippen LogP) is 4.64. The number of aromatic nitrogens is 2. The number of nitrogens with one attached hydrogen (secondary N) is 2. The molecular weight excluding hydrogens is 430 g/mol. The van der Waals surface area contributed by atoms with Crippen LogP contribution in [0, 0.1) is 0 Å². The van der Waals surface area contributed by atoms with Crippen molar-refractivity contribution >= 4 is 23.3 Å². The first-order valence-corrected chi connectivity index (χ1v) is 11.5. The first kappa shape index (κ1) is 25.1. The molecule has 3 rings (SSSR count). The van der Waals surface area contributed by atoms with Crippen LogP contribution in [-0.4, -0.2) is 39.9 Å². The minimum atomic E-state index is -0.271. The SMILES string of the molecule is CCN(CC)Cc1ccnc(C(=O)Nc2ccc(CC(=O)Nc3cc(C(C)(C)C)on3)cc2)c1. The zero-order valence-electron chi connectivity index (χ0n) is 20.5. The highest BCUT2D eigenvalue weighted by Gasteiger charge is 2.20. The zero-order chi connectivity index (χ0) is 24.7. The third kappa shape index (κ3) is 6.99. The van der Waals surface area contributed by atoms with Crippen LogP contribution in [0.4, 0.5) is 11.5 Å². The highest BCUT2D eigenvalue weighted by molar-refractivity contribution is 6.03. The summed E-state index contributed by atoms with van der Waals surface area (Å²) in [6, 6.07) is 12.6.